The lowest BCUT2D eigenvalue weighted by molar-refractivity contribution is -0.123. The van der Waals surface area contributed by atoms with E-state index in [0.29, 0.717) is 12.2 Å². The highest BCUT2D eigenvalue weighted by molar-refractivity contribution is 5.83. The first-order valence-corrected chi connectivity index (χ1v) is 7.50. The van der Waals surface area contributed by atoms with Crippen LogP contribution in [0.4, 0.5) is 0 Å². The van der Waals surface area contributed by atoms with E-state index in [2.05, 4.69) is 17.1 Å². The number of benzene rings is 2. The average molecular weight is 324 g/mol. The molecule has 0 aliphatic carbocycles. The van der Waals surface area contributed by atoms with Crippen molar-refractivity contribution in [1.82, 2.24) is 5.43 Å². The molecule has 0 aliphatic rings. The fraction of sp³-hybridized carbons (Fsp3) is 0.158. The molecule has 0 unspecified atom stereocenters. The number of nitrogens with zero attached hydrogens (tertiary/aromatic N) is 1. The number of ether oxygens (including phenoxy) is 2. The van der Waals surface area contributed by atoms with Crippen LogP contribution in [0.25, 0.3) is 0 Å². The van der Waals surface area contributed by atoms with Gasteiger partial charge in [-0.1, -0.05) is 36.4 Å². The lowest BCUT2D eigenvalue weighted by Gasteiger charge is -2.09. The summed E-state index contributed by atoms with van der Waals surface area (Å²) in [6.45, 7) is 3.60. The van der Waals surface area contributed by atoms with Gasteiger partial charge in [0, 0.05) is 0 Å². The van der Waals surface area contributed by atoms with Crippen LogP contribution in [0.3, 0.4) is 0 Å². The van der Waals surface area contributed by atoms with Crippen LogP contribution in [0, 0.1) is 0 Å². The van der Waals surface area contributed by atoms with Crippen molar-refractivity contribution in [2.24, 2.45) is 5.10 Å². The van der Waals surface area contributed by atoms with Crippen molar-refractivity contribution in [1.29, 1.82) is 0 Å². The summed E-state index contributed by atoms with van der Waals surface area (Å²) in [6, 6.07) is 14.9. The van der Waals surface area contributed by atoms with E-state index >= 15 is 0 Å². The van der Waals surface area contributed by atoms with Gasteiger partial charge in [0.05, 0.1) is 13.3 Å². The van der Waals surface area contributed by atoms with Gasteiger partial charge in [-0.3, -0.25) is 4.79 Å². The Morgan fingerprint density at radius 2 is 2.08 bits per heavy atom. The predicted molar refractivity (Wildman–Crippen MR) is 94.6 cm³/mol. The number of rotatable bonds is 8. The van der Waals surface area contributed by atoms with Gasteiger partial charge < -0.3 is 9.47 Å². The summed E-state index contributed by atoms with van der Waals surface area (Å²) >= 11 is 0. The highest BCUT2D eigenvalue weighted by atomic mass is 16.5. The second-order valence-corrected chi connectivity index (χ2v) is 4.96. The summed E-state index contributed by atoms with van der Waals surface area (Å²) in [5.41, 5.74) is 4.25. The molecule has 5 heteroatoms. The monoisotopic (exact) mass is 324 g/mol. The average Bonchev–Trinajstić information content (AvgIpc) is 2.61. The highest BCUT2D eigenvalue weighted by Crippen LogP contribution is 2.18. The standard InChI is InChI=1S/C19H20N2O3/c1-3-7-16-9-4-5-11-18(16)24-14-19(22)21-20-13-15-8-6-10-17(12-15)23-2/h3-6,8-13H,1,7,14H2,2H3,(H,21,22)/b20-13-. The molecule has 0 spiro atoms. The number of hydrogen-bond donors (Lipinski definition) is 1. The van der Waals surface area contributed by atoms with Crippen molar-refractivity contribution in [2.75, 3.05) is 13.7 Å². The highest BCUT2D eigenvalue weighted by Gasteiger charge is 2.05. The fourth-order valence-corrected chi connectivity index (χ4v) is 2.04. The van der Waals surface area contributed by atoms with Crippen LogP contribution in [-0.2, 0) is 11.2 Å². The number of hydrogen-bond acceptors (Lipinski definition) is 4. The molecule has 0 bridgehead atoms. The van der Waals surface area contributed by atoms with Gasteiger partial charge in [-0.05, 0) is 35.7 Å². The second kappa shape index (κ2) is 9.15. The van der Waals surface area contributed by atoms with Crippen LogP contribution < -0.4 is 14.9 Å². The molecule has 0 saturated heterocycles. The summed E-state index contributed by atoms with van der Waals surface area (Å²) in [7, 11) is 1.60. The largest absolute Gasteiger partial charge is 0.497 e. The van der Waals surface area contributed by atoms with E-state index in [9.17, 15) is 4.79 Å². The smallest absolute Gasteiger partial charge is 0.277 e. The fourth-order valence-electron chi connectivity index (χ4n) is 2.04. The Kier molecular flexibility index (Phi) is 6.58. The van der Waals surface area contributed by atoms with E-state index in [1.165, 1.54) is 0 Å². The molecule has 124 valence electrons. The Hall–Kier alpha value is -3.08. The van der Waals surface area contributed by atoms with E-state index < -0.39 is 0 Å². The molecule has 2 aromatic rings. The number of para-hydroxylation sites is 1. The number of hydrazone groups is 1. The molecule has 0 heterocycles. The maximum Gasteiger partial charge on any atom is 0.277 e. The number of nitrogens with one attached hydrogen (secondary N) is 1. The van der Waals surface area contributed by atoms with Crippen LogP contribution in [-0.4, -0.2) is 25.8 Å². The minimum absolute atomic E-state index is 0.108. The molecule has 2 aromatic carbocycles. The maximum atomic E-state index is 11.8. The summed E-state index contributed by atoms with van der Waals surface area (Å²) in [5, 5.41) is 3.91. The minimum atomic E-state index is -0.331. The van der Waals surface area contributed by atoms with Crippen molar-refractivity contribution in [3.63, 3.8) is 0 Å². The van der Waals surface area contributed by atoms with Gasteiger partial charge in [0.25, 0.3) is 5.91 Å². The quantitative estimate of drug-likeness (QED) is 0.461. The molecule has 2 rings (SSSR count). The number of amides is 1. The van der Waals surface area contributed by atoms with Gasteiger partial charge in [-0.2, -0.15) is 5.10 Å². The minimum Gasteiger partial charge on any atom is -0.497 e. The van der Waals surface area contributed by atoms with Gasteiger partial charge in [-0.25, -0.2) is 5.43 Å². The van der Waals surface area contributed by atoms with Gasteiger partial charge >= 0.3 is 0 Å². The summed E-state index contributed by atoms with van der Waals surface area (Å²) in [6.07, 6.45) is 4.03. The van der Waals surface area contributed by atoms with E-state index in [0.717, 1.165) is 16.9 Å². The molecular formula is C19H20N2O3. The van der Waals surface area contributed by atoms with Crippen LogP contribution in [0.5, 0.6) is 11.5 Å². The van der Waals surface area contributed by atoms with Crippen LogP contribution in [0.2, 0.25) is 0 Å². The van der Waals surface area contributed by atoms with Gasteiger partial charge in [0.2, 0.25) is 0 Å². The zero-order valence-electron chi connectivity index (χ0n) is 13.6. The zero-order valence-corrected chi connectivity index (χ0v) is 13.6. The van der Waals surface area contributed by atoms with Crippen molar-refractivity contribution >= 4 is 12.1 Å². The maximum absolute atomic E-state index is 11.8. The Morgan fingerprint density at radius 3 is 2.88 bits per heavy atom. The first-order chi connectivity index (χ1) is 11.7. The third-order valence-electron chi connectivity index (χ3n) is 3.19. The van der Waals surface area contributed by atoms with Crippen LogP contribution >= 0.6 is 0 Å². The number of carbonyl (C=O) groups is 1. The van der Waals surface area contributed by atoms with Crippen molar-refractivity contribution < 1.29 is 14.3 Å². The topological polar surface area (TPSA) is 59.9 Å². The van der Waals surface area contributed by atoms with Gasteiger partial charge in [0.1, 0.15) is 11.5 Å². The molecule has 1 amide bonds. The Labute approximate surface area is 141 Å². The molecule has 0 aliphatic heterocycles. The van der Waals surface area contributed by atoms with Crippen LogP contribution in [0.1, 0.15) is 11.1 Å². The molecule has 24 heavy (non-hydrogen) atoms. The SMILES string of the molecule is C=CCc1ccccc1OCC(=O)N/N=C\c1cccc(OC)c1. The molecule has 0 atom stereocenters. The summed E-state index contributed by atoms with van der Waals surface area (Å²) in [4.78, 5) is 11.8. The first-order valence-electron chi connectivity index (χ1n) is 7.50. The van der Waals surface area contributed by atoms with E-state index in [1.807, 2.05) is 48.5 Å². The Balaban J connectivity index is 1.85. The number of allylic oxidation sites excluding steroid dienone is 1. The van der Waals surface area contributed by atoms with Gasteiger partial charge in [-0.15, -0.1) is 6.58 Å². The molecule has 0 radical (unpaired) electrons. The first kappa shape index (κ1) is 17.3. The van der Waals surface area contributed by atoms with Crippen molar-refractivity contribution in [3.05, 3.63) is 72.3 Å². The van der Waals surface area contributed by atoms with E-state index in [-0.39, 0.29) is 12.5 Å². The summed E-state index contributed by atoms with van der Waals surface area (Å²) < 4.78 is 10.7. The third kappa shape index (κ3) is 5.28. The normalized spacial score (nSPS) is 10.4. The van der Waals surface area contributed by atoms with E-state index in [4.69, 9.17) is 9.47 Å². The lowest BCUT2D eigenvalue weighted by Crippen LogP contribution is -2.24. The van der Waals surface area contributed by atoms with E-state index in [1.54, 1.807) is 19.4 Å². The lowest BCUT2D eigenvalue weighted by atomic mass is 10.1. The van der Waals surface area contributed by atoms with Gasteiger partial charge in [0.15, 0.2) is 6.61 Å². The van der Waals surface area contributed by atoms with Crippen molar-refractivity contribution in [3.8, 4) is 11.5 Å². The molecule has 0 aromatic heterocycles. The Morgan fingerprint density at radius 1 is 1.25 bits per heavy atom. The molecular weight excluding hydrogens is 304 g/mol. The molecule has 5 nitrogen and oxygen atoms in total. The Bertz CT molecular complexity index is 726. The second-order valence-electron chi connectivity index (χ2n) is 4.96. The summed E-state index contributed by atoms with van der Waals surface area (Å²) in [5.74, 6) is 1.07. The molecule has 0 saturated carbocycles. The predicted octanol–water partition coefficient (Wildman–Crippen LogP) is 2.95. The number of methoxy groups -OCH3 is 1. The zero-order chi connectivity index (χ0) is 17.2. The molecule has 0 fully saturated rings. The third-order valence-corrected chi connectivity index (χ3v) is 3.19. The molecule has 1 N–H and O–H groups in total. The van der Waals surface area contributed by atoms with Crippen molar-refractivity contribution in [2.45, 2.75) is 6.42 Å². The number of carbonyl (C=O) groups excluding carboxylic acids is 1. The van der Waals surface area contributed by atoms with Crippen LogP contribution in [0.15, 0.2) is 66.3 Å².